The van der Waals surface area contributed by atoms with Gasteiger partial charge in [0.2, 0.25) is 0 Å². The molecule has 1 aliphatic rings. The Labute approximate surface area is 174 Å². The van der Waals surface area contributed by atoms with Crippen LogP contribution in [0.25, 0.3) is 6.08 Å². The minimum Gasteiger partial charge on any atom is -0.481 e. The first-order valence-electron chi connectivity index (χ1n) is 8.18. The second-order valence-electron chi connectivity index (χ2n) is 5.81. The summed E-state index contributed by atoms with van der Waals surface area (Å²) >= 11 is 12.3. The Bertz CT molecular complexity index is 992. The molecule has 3 N–H and O–H groups in total. The number of ether oxygens (including phenoxy) is 1. The maximum absolute atomic E-state index is 12.0. The summed E-state index contributed by atoms with van der Waals surface area (Å²) in [5, 5.41) is 6.72. The van der Waals surface area contributed by atoms with Crippen molar-refractivity contribution >= 4 is 58.7 Å². The molecule has 0 atom stereocenters. The maximum Gasteiger partial charge on any atom is 0.328 e. The molecule has 0 aromatic heterocycles. The van der Waals surface area contributed by atoms with E-state index in [2.05, 4.69) is 5.32 Å². The van der Waals surface area contributed by atoms with Crippen molar-refractivity contribution in [1.82, 2.24) is 10.6 Å². The molecule has 0 aliphatic carbocycles. The van der Waals surface area contributed by atoms with Crippen LogP contribution < -0.4 is 20.7 Å². The second kappa shape index (κ2) is 8.76. The highest BCUT2D eigenvalue weighted by molar-refractivity contribution is 6.37. The van der Waals surface area contributed by atoms with E-state index in [1.807, 2.05) is 16.7 Å². The lowest BCUT2D eigenvalue weighted by Gasteiger charge is -2.14. The number of hydrogen-bond donors (Lipinski definition) is 3. The molecule has 0 unspecified atom stereocenters. The van der Waals surface area contributed by atoms with Crippen LogP contribution in [0.2, 0.25) is 10.0 Å². The normalized spacial score (nSPS) is 13.4. The van der Waals surface area contributed by atoms with Crippen LogP contribution in [0.15, 0.2) is 48.0 Å². The van der Waals surface area contributed by atoms with E-state index in [1.165, 1.54) is 18.2 Å². The Kier molecular flexibility index (Phi) is 6.16. The number of para-hydroxylation sites is 1. The first kappa shape index (κ1) is 20.4. The number of urea groups is 1. The molecule has 1 saturated heterocycles. The summed E-state index contributed by atoms with van der Waals surface area (Å²) in [6.45, 7) is -0.332. The van der Waals surface area contributed by atoms with Crippen LogP contribution in [-0.2, 0) is 14.4 Å². The van der Waals surface area contributed by atoms with E-state index in [0.717, 1.165) is 0 Å². The van der Waals surface area contributed by atoms with Gasteiger partial charge in [0.05, 0.1) is 10.0 Å². The summed E-state index contributed by atoms with van der Waals surface area (Å²) in [6, 6.07) is 10.7. The van der Waals surface area contributed by atoms with Gasteiger partial charge in [-0.2, -0.15) is 0 Å². The lowest BCUT2D eigenvalue weighted by Crippen LogP contribution is -2.51. The highest BCUT2D eigenvalue weighted by Gasteiger charge is 2.27. The fraction of sp³-hybridized carbons (Fsp3) is 0.0526. The van der Waals surface area contributed by atoms with Gasteiger partial charge in [-0.1, -0.05) is 41.4 Å². The molecule has 3 rings (SSSR count). The lowest BCUT2D eigenvalue weighted by atomic mass is 10.1. The molecule has 0 spiro atoms. The van der Waals surface area contributed by atoms with E-state index in [0.29, 0.717) is 11.3 Å². The molecule has 1 aliphatic heterocycles. The van der Waals surface area contributed by atoms with Gasteiger partial charge in [-0.25, -0.2) is 4.79 Å². The molecule has 2 aromatic carbocycles. The van der Waals surface area contributed by atoms with Crippen LogP contribution in [0.4, 0.5) is 10.5 Å². The third kappa shape index (κ3) is 5.13. The van der Waals surface area contributed by atoms with Crippen LogP contribution >= 0.6 is 23.2 Å². The number of barbiturate groups is 1. The number of rotatable bonds is 5. The SMILES string of the molecule is O=C(COc1c(Cl)cc(C=C2C(=O)NC(=O)NC2=O)cc1Cl)Nc1ccccc1. The topological polar surface area (TPSA) is 114 Å². The number of carbonyl (C=O) groups is 4. The van der Waals surface area contributed by atoms with Gasteiger partial charge in [0.15, 0.2) is 12.4 Å². The first-order valence-corrected chi connectivity index (χ1v) is 8.94. The van der Waals surface area contributed by atoms with E-state index in [4.69, 9.17) is 27.9 Å². The Hall–Kier alpha value is -3.36. The number of halogens is 2. The van der Waals surface area contributed by atoms with Crippen molar-refractivity contribution in [3.05, 3.63) is 63.6 Å². The van der Waals surface area contributed by atoms with Gasteiger partial charge in [0.25, 0.3) is 17.7 Å². The molecule has 148 valence electrons. The highest BCUT2D eigenvalue weighted by Crippen LogP contribution is 2.35. The third-order valence-corrected chi connectivity index (χ3v) is 4.24. The predicted octanol–water partition coefficient (Wildman–Crippen LogP) is 2.76. The summed E-state index contributed by atoms with van der Waals surface area (Å²) in [5.41, 5.74) is 0.658. The van der Waals surface area contributed by atoms with E-state index in [1.54, 1.807) is 24.3 Å². The Balaban J connectivity index is 1.72. The second-order valence-corrected chi connectivity index (χ2v) is 6.63. The van der Waals surface area contributed by atoms with Crippen molar-refractivity contribution in [2.24, 2.45) is 0 Å². The molecule has 2 aromatic rings. The number of amides is 5. The summed E-state index contributed by atoms with van der Waals surface area (Å²) in [4.78, 5) is 46.7. The number of nitrogens with one attached hydrogen (secondary N) is 3. The van der Waals surface area contributed by atoms with Crippen LogP contribution in [0.3, 0.4) is 0 Å². The van der Waals surface area contributed by atoms with Crippen molar-refractivity contribution < 1.29 is 23.9 Å². The summed E-state index contributed by atoms with van der Waals surface area (Å²) in [7, 11) is 0. The predicted molar refractivity (Wildman–Crippen MR) is 107 cm³/mol. The number of benzene rings is 2. The molecular weight excluding hydrogens is 421 g/mol. The molecule has 0 radical (unpaired) electrons. The van der Waals surface area contributed by atoms with Gasteiger partial charge >= 0.3 is 6.03 Å². The Morgan fingerprint density at radius 1 is 1.00 bits per heavy atom. The van der Waals surface area contributed by atoms with E-state index >= 15 is 0 Å². The molecule has 0 saturated carbocycles. The summed E-state index contributed by atoms with van der Waals surface area (Å²) < 4.78 is 5.40. The number of carbonyl (C=O) groups excluding carboxylic acids is 4. The molecule has 8 nitrogen and oxygen atoms in total. The van der Waals surface area contributed by atoms with Crippen molar-refractivity contribution in [2.75, 3.05) is 11.9 Å². The molecular formula is C19H13Cl2N3O5. The molecule has 1 heterocycles. The maximum atomic E-state index is 12.0. The standard InChI is InChI=1S/C19H13Cl2N3O5/c20-13-7-10(6-12-17(26)23-19(28)24-18(12)27)8-14(21)16(13)29-9-15(25)22-11-4-2-1-3-5-11/h1-8H,9H2,(H,22,25)(H2,23,24,26,27,28). The highest BCUT2D eigenvalue weighted by atomic mass is 35.5. The third-order valence-electron chi connectivity index (χ3n) is 3.68. The molecule has 0 bridgehead atoms. The van der Waals surface area contributed by atoms with Gasteiger partial charge in [-0.15, -0.1) is 0 Å². The quantitative estimate of drug-likeness (QED) is 0.495. The fourth-order valence-corrected chi connectivity index (χ4v) is 3.04. The number of imide groups is 2. The van der Waals surface area contributed by atoms with Gasteiger partial charge in [0.1, 0.15) is 5.57 Å². The average molecular weight is 434 g/mol. The molecule has 5 amide bonds. The number of hydrogen-bond acceptors (Lipinski definition) is 5. The van der Waals surface area contributed by atoms with E-state index < -0.39 is 23.8 Å². The zero-order chi connectivity index (χ0) is 21.0. The average Bonchev–Trinajstić information content (AvgIpc) is 2.65. The van der Waals surface area contributed by atoms with E-state index in [-0.39, 0.29) is 28.0 Å². The van der Waals surface area contributed by atoms with Gasteiger partial charge in [0, 0.05) is 5.69 Å². The smallest absolute Gasteiger partial charge is 0.328 e. The van der Waals surface area contributed by atoms with Crippen molar-refractivity contribution in [3.63, 3.8) is 0 Å². The molecule has 1 fully saturated rings. The van der Waals surface area contributed by atoms with Gasteiger partial charge in [-0.3, -0.25) is 25.0 Å². The monoisotopic (exact) mass is 433 g/mol. The van der Waals surface area contributed by atoms with Crippen molar-refractivity contribution in [2.45, 2.75) is 0 Å². The molecule has 29 heavy (non-hydrogen) atoms. The zero-order valence-corrected chi connectivity index (χ0v) is 16.1. The van der Waals surface area contributed by atoms with E-state index in [9.17, 15) is 19.2 Å². The Morgan fingerprint density at radius 3 is 2.17 bits per heavy atom. The van der Waals surface area contributed by atoms with Crippen LogP contribution in [0, 0.1) is 0 Å². The Morgan fingerprint density at radius 2 is 1.59 bits per heavy atom. The lowest BCUT2D eigenvalue weighted by molar-refractivity contribution is -0.124. The van der Waals surface area contributed by atoms with Gasteiger partial charge in [-0.05, 0) is 35.9 Å². The summed E-state index contributed by atoms with van der Waals surface area (Å²) in [6.07, 6.45) is 1.22. The first-order chi connectivity index (χ1) is 13.8. The van der Waals surface area contributed by atoms with Crippen LogP contribution in [0.1, 0.15) is 5.56 Å². The van der Waals surface area contributed by atoms with Crippen molar-refractivity contribution in [1.29, 1.82) is 0 Å². The van der Waals surface area contributed by atoms with Gasteiger partial charge < -0.3 is 10.1 Å². The number of anilines is 1. The summed E-state index contributed by atoms with van der Waals surface area (Å²) in [5.74, 6) is -2.02. The zero-order valence-electron chi connectivity index (χ0n) is 14.6. The minimum absolute atomic E-state index is 0.0737. The van der Waals surface area contributed by atoms with Crippen LogP contribution in [-0.4, -0.2) is 30.4 Å². The fourth-order valence-electron chi connectivity index (χ4n) is 2.43. The van der Waals surface area contributed by atoms with Crippen LogP contribution in [0.5, 0.6) is 5.75 Å². The minimum atomic E-state index is -0.897. The molecule has 10 heteroatoms. The van der Waals surface area contributed by atoms with Crippen molar-refractivity contribution in [3.8, 4) is 5.75 Å². The largest absolute Gasteiger partial charge is 0.481 e.